The molecule has 0 spiro atoms. The molecule has 1 fully saturated rings. The number of piperidine rings is 1. The number of rotatable bonds is 4. The number of carbonyl (C=O) groups is 2. The zero-order valence-corrected chi connectivity index (χ0v) is 13.3. The maximum absolute atomic E-state index is 12.3. The number of anilines is 1. The first-order valence-electron chi connectivity index (χ1n) is 8.01. The van der Waals surface area contributed by atoms with E-state index in [0.717, 1.165) is 5.56 Å². The first-order chi connectivity index (χ1) is 11.6. The second kappa shape index (κ2) is 7.31. The van der Waals surface area contributed by atoms with Crippen molar-refractivity contribution in [3.05, 3.63) is 54.0 Å². The van der Waals surface area contributed by atoms with E-state index in [1.807, 2.05) is 12.1 Å². The van der Waals surface area contributed by atoms with E-state index in [0.29, 0.717) is 38.0 Å². The average Bonchev–Trinajstić information content (AvgIpc) is 3.12. The van der Waals surface area contributed by atoms with E-state index in [2.05, 4.69) is 5.32 Å². The van der Waals surface area contributed by atoms with Crippen LogP contribution in [0.1, 0.15) is 29.0 Å². The summed E-state index contributed by atoms with van der Waals surface area (Å²) in [6.45, 7) is 1.22. The largest absolute Gasteiger partial charge is 0.459 e. The Morgan fingerprint density at radius 3 is 2.50 bits per heavy atom. The van der Waals surface area contributed by atoms with E-state index >= 15 is 0 Å². The van der Waals surface area contributed by atoms with Gasteiger partial charge < -0.3 is 19.7 Å². The third-order valence-corrected chi connectivity index (χ3v) is 4.13. The topological polar surface area (TPSA) is 82.8 Å². The van der Waals surface area contributed by atoms with Gasteiger partial charge in [0.2, 0.25) is 5.91 Å². The predicted molar refractivity (Wildman–Crippen MR) is 88.6 cm³/mol. The number of hydrogen-bond acceptors (Lipinski definition) is 4. The summed E-state index contributed by atoms with van der Waals surface area (Å²) < 4.78 is 5.04. The van der Waals surface area contributed by atoms with Crippen LogP contribution in [-0.4, -0.2) is 41.0 Å². The molecule has 0 saturated carbocycles. The molecule has 0 aliphatic carbocycles. The van der Waals surface area contributed by atoms with Gasteiger partial charge in [0.25, 0.3) is 5.91 Å². The predicted octanol–water partition coefficient (Wildman–Crippen LogP) is 2.06. The molecule has 1 saturated heterocycles. The number of aliphatic hydroxyl groups is 1. The van der Waals surface area contributed by atoms with Crippen molar-refractivity contribution in [3.63, 3.8) is 0 Å². The normalized spacial score (nSPS) is 15.3. The van der Waals surface area contributed by atoms with Gasteiger partial charge in [-0.15, -0.1) is 0 Å². The molecular weight excluding hydrogens is 308 g/mol. The first-order valence-corrected chi connectivity index (χ1v) is 8.01. The van der Waals surface area contributed by atoms with Gasteiger partial charge >= 0.3 is 0 Å². The molecule has 3 rings (SSSR count). The molecule has 126 valence electrons. The van der Waals surface area contributed by atoms with Crippen LogP contribution in [0.4, 0.5) is 5.69 Å². The number of carbonyl (C=O) groups excluding carboxylic acids is 2. The zero-order chi connectivity index (χ0) is 16.9. The van der Waals surface area contributed by atoms with Gasteiger partial charge in [0, 0.05) is 18.8 Å². The lowest BCUT2D eigenvalue weighted by Gasteiger charge is -2.29. The smallest absolute Gasteiger partial charge is 0.291 e. The highest BCUT2D eigenvalue weighted by Crippen LogP contribution is 2.15. The van der Waals surface area contributed by atoms with Crippen LogP contribution in [0.25, 0.3) is 0 Å². The minimum absolute atomic E-state index is 0.0641. The number of likely N-dealkylation sites (tertiary alicyclic amines) is 1. The summed E-state index contributed by atoms with van der Waals surface area (Å²) >= 11 is 0. The Morgan fingerprint density at radius 1 is 1.17 bits per heavy atom. The molecule has 0 bridgehead atoms. The summed E-state index contributed by atoms with van der Waals surface area (Å²) in [6.07, 6.45) is 2.77. The molecule has 6 nitrogen and oxygen atoms in total. The molecule has 1 aromatic heterocycles. The van der Waals surface area contributed by atoms with Crippen LogP contribution in [0.2, 0.25) is 0 Å². The van der Waals surface area contributed by atoms with Gasteiger partial charge in [0.15, 0.2) is 5.76 Å². The Labute approximate surface area is 140 Å². The monoisotopic (exact) mass is 328 g/mol. The minimum atomic E-state index is -0.310. The Balaban J connectivity index is 1.54. The first kappa shape index (κ1) is 16.3. The van der Waals surface area contributed by atoms with Crippen molar-refractivity contribution in [2.24, 2.45) is 0 Å². The van der Waals surface area contributed by atoms with E-state index in [4.69, 9.17) is 4.42 Å². The summed E-state index contributed by atoms with van der Waals surface area (Å²) in [4.78, 5) is 25.9. The molecule has 2 heterocycles. The fraction of sp³-hybridized carbons (Fsp3) is 0.333. The Hall–Kier alpha value is -2.60. The van der Waals surface area contributed by atoms with Gasteiger partial charge in [-0.2, -0.15) is 0 Å². The number of furan rings is 1. The van der Waals surface area contributed by atoms with Gasteiger partial charge in [-0.05, 0) is 42.7 Å². The van der Waals surface area contributed by atoms with Gasteiger partial charge in [-0.3, -0.25) is 9.59 Å². The van der Waals surface area contributed by atoms with Crippen molar-refractivity contribution in [3.8, 4) is 0 Å². The summed E-state index contributed by atoms with van der Waals surface area (Å²) in [5, 5.41) is 12.2. The number of hydrogen-bond donors (Lipinski definition) is 2. The van der Waals surface area contributed by atoms with Crippen LogP contribution in [0.3, 0.4) is 0 Å². The fourth-order valence-corrected chi connectivity index (χ4v) is 2.71. The lowest BCUT2D eigenvalue weighted by Crippen LogP contribution is -2.40. The van der Waals surface area contributed by atoms with E-state index in [1.54, 1.807) is 29.2 Å². The molecular formula is C18H20N2O4. The maximum atomic E-state index is 12.3. The highest BCUT2D eigenvalue weighted by Gasteiger charge is 2.21. The van der Waals surface area contributed by atoms with Crippen LogP contribution in [0.15, 0.2) is 47.1 Å². The summed E-state index contributed by atoms with van der Waals surface area (Å²) in [6, 6.07) is 10.4. The van der Waals surface area contributed by atoms with Crippen LogP contribution in [0, 0.1) is 0 Å². The quantitative estimate of drug-likeness (QED) is 0.900. The second-order valence-corrected chi connectivity index (χ2v) is 5.92. The highest BCUT2D eigenvalue weighted by molar-refractivity contribution is 6.02. The van der Waals surface area contributed by atoms with Gasteiger partial charge in [-0.25, -0.2) is 0 Å². The fourth-order valence-electron chi connectivity index (χ4n) is 2.71. The number of nitrogens with zero attached hydrogens (tertiary/aromatic N) is 1. The molecule has 2 aromatic rings. The second-order valence-electron chi connectivity index (χ2n) is 5.92. The van der Waals surface area contributed by atoms with Crippen molar-refractivity contribution in [2.75, 3.05) is 18.4 Å². The van der Waals surface area contributed by atoms with E-state index in [1.165, 1.54) is 6.26 Å². The van der Waals surface area contributed by atoms with Gasteiger partial charge in [-0.1, -0.05) is 12.1 Å². The molecule has 0 atom stereocenters. The van der Waals surface area contributed by atoms with Crippen LogP contribution in [0.5, 0.6) is 0 Å². The van der Waals surface area contributed by atoms with Crippen molar-refractivity contribution >= 4 is 17.5 Å². The van der Waals surface area contributed by atoms with Crippen molar-refractivity contribution in [2.45, 2.75) is 25.4 Å². The van der Waals surface area contributed by atoms with E-state index in [-0.39, 0.29) is 23.7 Å². The van der Waals surface area contributed by atoms with E-state index in [9.17, 15) is 14.7 Å². The van der Waals surface area contributed by atoms with Crippen molar-refractivity contribution in [1.82, 2.24) is 4.90 Å². The van der Waals surface area contributed by atoms with Crippen LogP contribution >= 0.6 is 0 Å². The number of aliphatic hydroxyl groups excluding tert-OH is 1. The standard InChI is InChI=1S/C18H20N2O4/c21-15-7-9-20(10-8-15)17(22)12-13-3-5-14(6-4-13)19-18(23)16-2-1-11-24-16/h1-6,11,15,21H,7-10,12H2,(H,19,23). The maximum Gasteiger partial charge on any atom is 0.291 e. The third kappa shape index (κ3) is 4.02. The third-order valence-electron chi connectivity index (χ3n) is 4.13. The van der Waals surface area contributed by atoms with Crippen molar-refractivity contribution in [1.29, 1.82) is 0 Å². The Kier molecular flexibility index (Phi) is 4.96. The molecule has 24 heavy (non-hydrogen) atoms. The summed E-state index contributed by atoms with van der Waals surface area (Å²) in [7, 11) is 0. The molecule has 6 heteroatoms. The minimum Gasteiger partial charge on any atom is -0.459 e. The van der Waals surface area contributed by atoms with Gasteiger partial charge in [0.1, 0.15) is 0 Å². The average molecular weight is 328 g/mol. The Bertz CT molecular complexity index is 686. The number of nitrogens with one attached hydrogen (secondary N) is 1. The molecule has 1 aromatic carbocycles. The lowest BCUT2D eigenvalue weighted by atomic mass is 10.1. The summed E-state index contributed by atoms with van der Waals surface area (Å²) in [5.41, 5.74) is 1.54. The van der Waals surface area contributed by atoms with Crippen LogP contribution < -0.4 is 5.32 Å². The molecule has 1 aliphatic heterocycles. The lowest BCUT2D eigenvalue weighted by molar-refractivity contribution is -0.132. The SMILES string of the molecule is O=C(Nc1ccc(CC(=O)N2CCC(O)CC2)cc1)c1ccco1. The molecule has 2 amide bonds. The number of amides is 2. The van der Waals surface area contributed by atoms with Crippen LogP contribution in [-0.2, 0) is 11.2 Å². The van der Waals surface area contributed by atoms with Gasteiger partial charge in [0.05, 0.1) is 18.8 Å². The molecule has 0 unspecified atom stereocenters. The highest BCUT2D eigenvalue weighted by atomic mass is 16.3. The zero-order valence-electron chi connectivity index (χ0n) is 13.3. The molecule has 0 radical (unpaired) electrons. The Morgan fingerprint density at radius 2 is 1.88 bits per heavy atom. The van der Waals surface area contributed by atoms with E-state index < -0.39 is 0 Å². The van der Waals surface area contributed by atoms with Crippen molar-refractivity contribution < 1.29 is 19.1 Å². The molecule has 1 aliphatic rings. The summed E-state index contributed by atoms with van der Waals surface area (Å²) in [5.74, 6) is 0.00603. The number of benzene rings is 1. The molecule has 2 N–H and O–H groups in total.